The largest absolute Gasteiger partial charge is 0.494 e. The highest BCUT2D eigenvalue weighted by atomic mass is 79.9. The molecule has 1 aliphatic rings. The lowest BCUT2D eigenvalue weighted by atomic mass is 9.67. The third-order valence-corrected chi connectivity index (χ3v) is 5.28. The van der Waals surface area contributed by atoms with Gasteiger partial charge in [-0.3, -0.25) is 0 Å². The molecule has 0 fully saturated rings. The van der Waals surface area contributed by atoms with E-state index in [9.17, 15) is 10.0 Å². The summed E-state index contributed by atoms with van der Waals surface area (Å²) in [6.45, 7) is 5.60. The van der Waals surface area contributed by atoms with Crippen molar-refractivity contribution in [3.63, 3.8) is 0 Å². The Labute approximate surface area is 155 Å². The van der Waals surface area contributed by atoms with Gasteiger partial charge in [0, 0.05) is 6.61 Å². The third kappa shape index (κ3) is 7.30. The summed E-state index contributed by atoms with van der Waals surface area (Å²) in [5.41, 5.74) is 0. The van der Waals surface area contributed by atoms with Crippen molar-refractivity contribution in [2.24, 2.45) is 0 Å². The van der Waals surface area contributed by atoms with Crippen LogP contribution in [0.15, 0.2) is 24.0 Å². The van der Waals surface area contributed by atoms with Gasteiger partial charge in [0.15, 0.2) is 0 Å². The monoisotopic (exact) mass is 402 g/mol. The van der Waals surface area contributed by atoms with E-state index in [0.717, 1.165) is 25.7 Å². The molecule has 1 rings (SSSR count). The molecule has 0 aromatic carbocycles. The Kier molecular flexibility index (Phi) is 11.0. The first-order valence-corrected chi connectivity index (χ1v) is 10.0. The molecule has 6 heteroatoms. The molecule has 0 aliphatic heterocycles. The fourth-order valence-electron chi connectivity index (χ4n) is 2.63. The molecule has 0 spiro atoms. The molecule has 0 heterocycles. The summed E-state index contributed by atoms with van der Waals surface area (Å²) < 4.78 is 10.5. The zero-order valence-corrected chi connectivity index (χ0v) is 16.6. The van der Waals surface area contributed by atoms with E-state index in [2.05, 4.69) is 29.8 Å². The second-order valence-corrected chi connectivity index (χ2v) is 7.74. The van der Waals surface area contributed by atoms with E-state index in [1.165, 1.54) is 25.7 Å². The molecule has 0 amide bonds. The second-order valence-electron chi connectivity index (χ2n) is 6.37. The molecule has 2 unspecified atom stereocenters. The minimum absolute atomic E-state index is 0.424. The van der Waals surface area contributed by atoms with Crippen LogP contribution in [-0.2, 0) is 9.47 Å². The van der Waals surface area contributed by atoms with Crippen molar-refractivity contribution in [3.05, 3.63) is 24.0 Å². The van der Waals surface area contributed by atoms with Crippen LogP contribution < -0.4 is 0 Å². The molecule has 0 saturated carbocycles. The van der Waals surface area contributed by atoms with Crippen molar-refractivity contribution in [1.82, 2.24) is 0 Å². The molecule has 24 heavy (non-hydrogen) atoms. The van der Waals surface area contributed by atoms with Gasteiger partial charge in [-0.2, -0.15) is 0 Å². The summed E-state index contributed by atoms with van der Waals surface area (Å²) in [4.78, 5) is 0. The molecule has 0 aromatic heterocycles. The molecular weight excluding hydrogens is 371 g/mol. The fourth-order valence-corrected chi connectivity index (χ4v) is 3.14. The van der Waals surface area contributed by atoms with E-state index >= 15 is 0 Å². The summed E-state index contributed by atoms with van der Waals surface area (Å²) in [5.74, 6) is 0.655. The van der Waals surface area contributed by atoms with Crippen molar-refractivity contribution in [3.8, 4) is 0 Å². The maximum Gasteiger partial charge on any atom is 0.476 e. The van der Waals surface area contributed by atoms with Crippen LogP contribution in [0.4, 0.5) is 0 Å². The van der Waals surface area contributed by atoms with E-state index < -0.39 is 17.4 Å². The Morgan fingerprint density at radius 3 is 2.25 bits per heavy atom. The summed E-state index contributed by atoms with van der Waals surface area (Å²) in [5, 5.41) is 19.6. The van der Waals surface area contributed by atoms with Crippen molar-refractivity contribution >= 4 is 23.0 Å². The number of halogens is 1. The summed E-state index contributed by atoms with van der Waals surface area (Å²) in [7, 11) is -1.57. The molecule has 1 aliphatic carbocycles. The van der Waals surface area contributed by atoms with Crippen LogP contribution in [-0.4, -0.2) is 40.7 Å². The Hall–Kier alpha value is -0.295. The number of ether oxygens (including phenoxy) is 2. The fraction of sp³-hybridized carbons (Fsp3) is 0.778. The van der Waals surface area contributed by atoms with Crippen LogP contribution >= 0.6 is 15.9 Å². The van der Waals surface area contributed by atoms with Gasteiger partial charge >= 0.3 is 7.12 Å². The summed E-state index contributed by atoms with van der Waals surface area (Å²) >= 11 is 3.45. The predicted molar refractivity (Wildman–Crippen MR) is 103 cm³/mol. The van der Waals surface area contributed by atoms with Crippen LogP contribution in [0, 0.1) is 0 Å². The maximum atomic E-state index is 9.80. The van der Waals surface area contributed by atoms with Crippen LogP contribution in [0.5, 0.6) is 0 Å². The highest BCUT2D eigenvalue weighted by Gasteiger charge is 2.47. The van der Waals surface area contributed by atoms with Crippen LogP contribution in [0.25, 0.3) is 0 Å². The first kappa shape index (κ1) is 21.7. The van der Waals surface area contributed by atoms with Crippen LogP contribution in [0.2, 0.25) is 0 Å². The Morgan fingerprint density at radius 2 is 1.67 bits per heavy atom. The highest BCUT2D eigenvalue weighted by Crippen LogP contribution is 2.34. The lowest BCUT2D eigenvalue weighted by Crippen LogP contribution is -2.50. The number of hydrogen-bond donors (Lipinski definition) is 2. The number of alkyl halides is 1. The van der Waals surface area contributed by atoms with Crippen molar-refractivity contribution in [2.75, 3.05) is 13.2 Å². The minimum atomic E-state index is -1.57. The number of rotatable bonds is 13. The van der Waals surface area contributed by atoms with Gasteiger partial charge in [-0.05, 0) is 25.0 Å². The standard InChI is InChI=1S/C18H32BBrO4/c1-3-5-7-9-13-23-16-11-12-17(18(20,15-16)19(21)22)24-14-10-8-6-4-2/h11-12,15,17,21-22H,3-10,13-14H2,1-2H3. The number of hydrogen-bond acceptors (Lipinski definition) is 4. The molecular formula is C18H32BBrO4. The van der Waals surface area contributed by atoms with Gasteiger partial charge < -0.3 is 19.5 Å². The van der Waals surface area contributed by atoms with Gasteiger partial charge in [-0.1, -0.05) is 74.4 Å². The quantitative estimate of drug-likeness (QED) is 0.276. The highest BCUT2D eigenvalue weighted by molar-refractivity contribution is 9.10. The van der Waals surface area contributed by atoms with Gasteiger partial charge in [-0.15, -0.1) is 0 Å². The van der Waals surface area contributed by atoms with Gasteiger partial charge in [0.1, 0.15) is 9.98 Å². The van der Waals surface area contributed by atoms with E-state index in [4.69, 9.17) is 9.47 Å². The average molecular weight is 403 g/mol. The predicted octanol–water partition coefficient (Wildman–Crippen LogP) is 4.15. The lowest BCUT2D eigenvalue weighted by molar-refractivity contribution is 0.0714. The molecule has 0 aromatic rings. The molecule has 0 bridgehead atoms. The molecule has 138 valence electrons. The first-order valence-electron chi connectivity index (χ1n) is 9.25. The maximum absolute atomic E-state index is 9.80. The van der Waals surface area contributed by atoms with Crippen LogP contribution in [0.3, 0.4) is 0 Å². The molecule has 2 atom stereocenters. The minimum Gasteiger partial charge on any atom is -0.494 e. The summed E-state index contributed by atoms with van der Waals surface area (Å²) in [6.07, 6.45) is 14.1. The smallest absolute Gasteiger partial charge is 0.476 e. The normalized spacial score (nSPS) is 23.2. The van der Waals surface area contributed by atoms with Crippen molar-refractivity contribution in [1.29, 1.82) is 0 Å². The van der Waals surface area contributed by atoms with Crippen molar-refractivity contribution in [2.45, 2.75) is 75.5 Å². The zero-order chi connectivity index (χ0) is 17.8. The van der Waals surface area contributed by atoms with E-state index in [1.807, 2.05) is 12.2 Å². The Morgan fingerprint density at radius 1 is 1.04 bits per heavy atom. The molecule has 0 saturated heterocycles. The topological polar surface area (TPSA) is 58.9 Å². The van der Waals surface area contributed by atoms with Gasteiger partial charge in [0.25, 0.3) is 0 Å². The molecule has 0 radical (unpaired) electrons. The lowest BCUT2D eigenvalue weighted by Gasteiger charge is -2.33. The van der Waals surface area contributed by atoms with Crippen molar-refractivity contribution < 1.29 is 19.5 Å². The average Bonchev–Trinajstić information content (AvgIpc) is 2.56. The Bertz CT molecular complexity index is 400. The Balaban J connectivity index is 2.50. The van der Waals surface area contributed by atoms with Crippen LogP contribution in [0.1, 0.15) is 65.2 Å². The number of unbranched alkanes of at least 4 members (excludes halogenated alkanes) is 6. The van der Waals surface area contributed by atoms with Gasteiger partial charge in [0.05, 0.1) is 12.7 Å². The van der Waals surface area contributed by atoms with Gasteiger partial charge in [-0.25, -0.2) is 0 Å². The molecule has 4 nitrogen and oxygen atoms in total. The first-order chi connectivity index (χ1) is 11.5. The van der Waals surface area contributed by atoms with Gasteiger partial charge in [0.2, 0.25) is 0 Å². The zero-order valence-electron chi connectivity index (χ0n) is 15.0. The second kappa shape index (κ2) is 12.1. The van der Waals surface area contributed by atoms with E-state index in [1.54, 1.807) is 6.08 Å². The van der Waals surface area contributed by atoms with E-state index in [0.29, 0.717) is 19.0 Å². The van der Waals surface area contributed by atoms with E-state index in [-0.39, 0.29) is 0 Å². The third-order valence-electron chi connectivity index (χ3n) is 4.19. The summed E-state index contributed by atoms with van der Waals surface area (Å²) in [6, 6.07) is 0. The SMILES string of the molecule is CCCCCCOC1=CC(Br)(B(O)O)C(OCCCCCC)C=C1. The molecule has 2 N–H and O–H groups in total. The number of allylic oxidation sites excluding steroid dienone is 1.